The minimum absolute atomic E-state index is 0.525. The summed E-state index contributed by atoms with van der Waals surface area (Å²) in [6.45, 7) is 10.1. The maximum atomic E-state index is 10.9. The highest BCUT2D eigenvalue weighted by Crippen LogP contribution is 2.29. The van der Waals surface area contributed by atoms with Gasteiger partial charge in [-0.2, -0.15) is 0 Å². The molecule has 0 fully saturated rings. The van der Waals surface area contributed by atoms with E-state index in [9.17, 15) is 5.11 Å². The summed E-state index contributed by atoms with van der Waals surface area (Å²) in [6.07, 6.45) is 8.49. The predicted molar refractivity (Wildman–Crippen MR) is 87.6 cm³/mol. The van der Waals surface area contributed by atoms with Crippen LogP contribution in [-0.4, -0.2) is 5.11 Å². The van der Waals surface area contributed by atoms with Gasteiger partial charge in [-0.25, -0.2) is 0 Å². The standard InChI is InChI=1S/C19H26O/c1-5-14-19(20,18-12-7-6-8-13-18)15-17(4)11-9-10-16(2)3/h5-8,10,12-13,15,20H,1,9,11,14H2,2-4H3/b17-15-. The Morgan fingerprint density at radius 2 is 1.85 bits per heavy atom. The number of rotatable bonds is 7. The van der Waals surface area contributed by atoms with Crippen molar-refractivity contribution in [3.63, 3.8) is 0 Å². The molecule has 0 aliphatic carbocycles. The van der Waals surface area contributed by atoms with Crippen molar-refractivity contribution in [1.29, 1.82) is 0 Å². The summed E-state index contributed by atoms with van der Waals surface area (Å²) in [5.74, 6) is 0. The van der Waals surface area contributed by atoms with E-state index in [2.05, 4.69) is 33.4 Å². The molecule has 1 heteroatoms. The van der Waals surface area contributed by atoms with Gasteiger partial charge in [0.05, 0.1) is 0 Å². The molecule has 0 aromatic heterocycles. The Bertz CT molecular complexity index is 478. The lowest BCUT2D eigenvalue weighted by atomic mass is 9.88. The summed E-state index contributed by atoms with van der Waals surface area (Å²) in [4.78, 5) is 0. The third-order valence-electron chi connectivity index (χ3n) is 3.31. The van der Waals surface area contributed by atoms with Crippen LogP contribution >= 0.6 is 0 Å². The molecule has 0 radical (unpaired) electrons. The molecule has 0 spiro atoms. The second kappa shape index (κ2) is 7.86. The van der Waals surface area contributed by atoms with Gasteiger partial charge in [0.2, 0.25) is 0 Å². The zero-order chi connectivity index (χ0) is 15.0. The fourth-order valence-corrected chi connectivity index (χ4v) is 2.28. The van der Waals surface area contributed by atoms with E-state index in [1.807, 2.05) is 36.4 Å². The Hall–Kier alpha value is -1.60. The Kier molecular flexibility index (Phi) is 6.47. The molecule has 0 amide bonds. The van der Waals surface area contributed by atoms with Crippen LogP contribution in [0.1, 0.15) is 45.6 Å². The number of aliphatic hydroxyl groups is 1. The van der Waals surface area contributed by atoms with E-state index in [4.69, 9.17) is 0 Å². The van der Waals surface area contributed by atoms with Crippen molar-refractivity contribution in [3.05, 3.63) is 71.8 Å². The fourth-order valence-electron chi connectivity index (χ4n) is 2.28. The average molecular weight is 270 g/mol. The maximum Gasteiger partial charge on any atom is 0.111 e. The minimum Gasteiger partial charge on any atom is -0.381 e. The molecule has 1 nitrogen and oxygen atoms in total. The summed E-state index contributed by atoms with van der Waals surface area (Å²) in [6, 6.07) is 9.79. The van der Waals surface area contributed by atoms with E-state index in [0.29, 0.717) is 6.42 Å². The lowest BCUT2D eigenvalue weighted by molar-refractivity contribution is 0.0918. The van der Waals surface area contributed by atoms with Gasteiger partial charge in [-0.3, -0.25) is 0 Å². The van der Waals surface area contributed by atoms with Crippen molar-refractivity contribution in [1.82, 2.24) is 0 Å². The summed E-state index contributed by atoms with van der Waals surface area (Å²) in [5, 5.41) is 10.9. The van der Waals surface area contributed by atoms with E-state index in [1.165, 1.54) is 11.1 Å². The SMILES string of the molecule is C=CCC(O)(/C=C(/C)CCC=C(C)C)c1ccccc1. The molecule has 0 saturated heterocycles. The maximum absolute atomic E-state index is 10.9. The van der Waals surface area contributed by atoms with Gasteiger partial charge in [0.25, 0.3) is 0 Å². The smallest absolute Gasteiger partial charge is 0.111 e. The van der Waals surface area contributed by atoms with Crippen LogP contribution in [-0.2, 0) is 5.60 Å². The second-order valence-corrected chi connectivity index (χ2v) is 5.59. The molecule has 0 aliphatic rings. The van der Waals surface area contributed by atoms with Gasteiger partial charge >= 0.3 is 0 Å². The lowest BCUT2D eigenvalue weighted by Crippen LogP contribution is -2.22. The van der Waals surface area contributed by atoms with Crippen molar-refractivity contribution in [2.24, 2.45) is 0 Å². The highest BCUT2D eigenvalue weighted by molar-refractivity contribution is 5.29. The first kappa shape index (κ1) is 16.5. The van der Waals surface area contributed by atoms with Crippen LogP contribution in [0.15, 0.2) is 66.3 Å². The van der Waals surface area contributed by atoms with E-state index < -0.39 is 5.60 Å². The van der Waals surface area contributed by atoms with Gasteiger partial charge in [0, 0.05) is 6.42 Å². The summed E-state index contributed by atoms with van der Waals surface area (Å²) >= 11 is 0. The first-order valence-corrected chi connectivity index (χ1v) is 7.18. The van der Waals surface area contributed by atoms with E-state index >= 15 is 0 Å². The molecule has 0 heterocycles. The fraction of sp³-hybridized carbons (Fsp3) is 0.368. The van der Waals surface area contributed by atoms with Gasteiger partial charge < -0.3 is 5.11 Å². The predicted octanol–water partition coefficient (Wildman–Crippen LogP) is 5.14. The van der Waals surface area contributed by atoms with E-state index in [-0.39, 0.29) is 0 Å². The molecule has 1 unspecified atom stereocenters. The molecular weight excluding hydrogens is 244 g/mol. The first-order valence-electron chi connectivity index (χ1n) is 7.18. The molecule has 108 valence electrons. The quantitative estimate of drug-likeness (QED) is 0.680. The van der Waals surface area contributed by atoms with Crippen molar-refractivity contribution < 1.29 is 5.11 Å². The number of benzene rings is 1. The molecule has 1 N–H and O–H groups in total. The Balaban J connectivity index is 2.90. The molecule has 0 bridgehead atoms. The molecular formula is C19H26O. The van der Waals surface area contributed by atoms with Crippen molar-refractivity contribution in [3.8, 4) is 0 Å². The number of hydrogen-bond acceptors (Lipinski definition) is 1. The molecule has 1 aromatic carbocycles. The van der Waals surface area contributed by atoms with Crippen molar-refractivity contribution >= 4 is 0 Å². The third kappa shape index (κ3) is 5.18. The van der Waals surface area contributed by atoms with Crippen LogP contribution in [0.3, 0.4) is 0 Å². The Labute approximate surface area is 123 Å². The molecule has 0 saturated carbocycles. The molecule has 1 rings (SSSR count). The van der Waals surface area contributed by atoms with Gasteiger partial charge in [-0.15, -0.1) is 6.58 Å². The molecule has 1 aromatic rings. The summed E-state index contributed by atoms with van der Waals surface area (Å²) < 4.78 is 0. The number of hydrogen-bond donors (Lipinski definition) is 1. The van der Waals surface area contributed by atoms with Crippen LogP contribution < -0.4 is 0 Å². The summed E-state index contributed by atoms with van der Waals surface area (Å²) in [5.41, 5.74) is 2.51. The van der Waals surface area contributed by atoms with Crippen molar-refractivity contribution in [2.75, 3.05) is 0 Å². The highest BCUT2D eigenvalue weighted by atomic mass is 16.3. The van der Waals surface area contributed by atoms with E-state index in [1.54, 1.807) is 6.08 Å². The summed E-state index contributed by atoms with van der Waals surface area (Å²) in [7, 11) is 0. The number of allylic oxidation sites excluding steroid dienone is 3. The topological polar surface area (TPSA) is 20.2 Å². The van der Waals surface area contributed by atoms with Crippen LogP contribution in [0.25, 0.3) is 0 Å². The third-order valence-corrected chi connectivity index (χ3v) is 3.31. The second-order valence-electron chi connectivity index (χ2n) is 5.59. The van der Waals surface area contributed by atoms with Crippen LogP contribution in [0.5, 0.6) is 0 Å². The van der Waals surface area contributed by atoms with Crippen LogP contribution in [0.2, 0.25) is 0 Å². The van der Waals surface area contributed by atoms with Crippen LogP contribution in [0, 0.1) is 0 Å². The molecule has 20 heavy (non-hydrogen) atoms. The highest BCUT2D eigenvalue weighted by Gasteiger charge is 2.24. The minimum atomic E-state index is -0.946. The van der Waals surface area contributed by atoms with Crippen molar-refractivity contribution in [2.45, 2.75) is 45.6 Å². The largest absolute Gasteiger partial charge is 0.381 e. The van der Waals surface area contributed by atoms with E-state index in [0.717, 1.165) is 18.4 Å². The normalized spacial score (nSPS) is 14.5. The zero-order valence-corrected chi connectivity index (χ0v) is 12.9. The average Bonchev–Trinajstić information content (AvgIpc) is 2.39. The van der Waals surface area contributed by atoms with Gasteiger partial charge in [0.15, 0.2) is 0 Å². The zero-order valence-electron chi connectivity index (χ0n) is 12.9. The van der Waals surface area contributed by atoms with Gasteiger partial charge in [-0.1, -0.05) is 53.6 Å². The monoisotopic (exact) mass is 270 g/mol. The Morgan fingerprint density at radius 3 is 2.40 bits per heavy atom. The molecule has 1 atom stereocenters. The molecule has 0 aliphatic heterocycles. The van der Waals surface area contributed by atoms with Crippen LogP contribution in [0.4, 0.5) is 0 Å². The lowest BCUT2D eigenvalue weighted by Gasteiger charge is -2.25. The van der Waals surface area contributed by atoms with Gasteiger partial charge in [0.1, 0.15) is 5.60 Å². The first-order chi connectivity index (χ1) is 9.48. The van der Waals surface area contributed by atoms with Gasteiger partial charge in [-0.05, 0) is 45.3 Å². The Morgan fingerprint density at radius 1 is 1.20 bits per heavy atom.